The summed E-state index contributed by atoms with van der Waals surface area (Å²) in [4.78, 5) is 2.44. The number of hydrogen-bond donors (Lipinski definition) is 2. The van der Waals surface area contributed by atoms with Gasteiger partial charge >= 0.3 is 0 Å². The van der Waals surface area contributed by atoms with Crippen LogP contribution in [0.5, 0.6) is 0 Å². The summed E-state index contributed by atoms with van der Waals surface area (Å²) >= 11 is 0. The largest absolute Gasteiger partial charge is 0.354 e. The molecule has 1 aliphatic carbocycles. The van der Waals surface area contributed by atoms with Crippen LogP contribution in [0.2, 0.25) is 0 Å². The Kier molecular flexibility index (Phi) is 10.6. The zero-order valence-electron chi connectivity index (χ0n) is 37.9. The second-order valence-electron chi connectivity index (χ2n) is 17.7. The van der Waals surface area contributed by atoms with Crippen LogP contribution in [-0.2, 0) is 5.41 Å². The lowest BCUT2D eigenvalue weighted by molar-refractivity contribution is 0.768. The van der Waals surface area contributed by atoms with Gasteiger partial charge in [0.1, 0.15) is 0 Å². The molecule has 10 aromatic rings. The van der Waals surface area contributed by atoms with Gasteiger partial charge in [0.2, 0.25) is 0 Å². The van der Waals surface area contributed by atoms with Gasteiger partial charge in [0.15, 0.2) is 0 Å². The van der Waals surface area contributed by atoms with Crippen LogP contribution < -0.4 is 10.2 Å². The van der Waals surface area contributed by atoms with Crippen LogP contribution in [-0.4, -0.2) is 5.71 Å². The Hall–Kier alpha value is -9.05. The fourth-order valence-electron chi connectivity index (χ4n) is 10.7. The van der Waals surface area contributed by atoms with Crippen molar-refractivity contribution in [2.45, 2.75) is 5.41 Å². The lowest BCUT2D eigenvalue weighted by Gasteiger charge is -2.35. The first-order chi connectivity index (χ1) is 34.2. The molecule has 12 rings (SSSR count). The van der Waals surface area contributed by atoms with E-state index in [4.69, 9.17) is 0 Å². The van der Waals surface area contributed by atoms with E-state index in [-0.39, 0.29) is 0 Å². The molecule has 3 nitrogen and oxygen atoms in total. The van der Waals surface area contributed by atoms with Crippen LogP contribution in [0.4, 0.5) is 17.1 Å². The van der Waals surface area contributed by atoms with Gasteiger partial charge < -0.3 is 10.2 Å². The summed E-state index contributed by atoms with van der Waals surface area (Å²) in [6.45, 7) is 0. The molecule has 0 saturated carbocycles. The van der Waals surface area contributed by atoms with Crippen molar-refractivity contribution in [2.24, 2.45) is 0 Å². The molecule has 0 fully saturated rings. The third-order valence-electron chi connectivity index (χ3n) is 13.8. The van der Waals surface area contributed by atoms with E-state index < -0.39 is 5.41 Å². The quantitative estimate of drug-likeness (QED) is 0.134. The van der Waals surface area contributed by atoms with E-state index in [1.54, 1.807) is 0 Å². The number of anilines is 3. The minimum atomic E-state index is -0.569. The summed E-state index contributed by atoms with van der Waals surface area (Å²) in [6, 6.07) is 95.3. The molecule has 69 heavy (non-hydrogen) atoms. The zero-order chi connectivity index (χ0) is 46.2. The van der Waals surface area contributed by atoms with E-state index in [0.717, 1.165) is 73.0 Å². The smallest absolute Gasteiger partial charge is 0.0714 e. The third-order valence-corrected chi connectivity index (χ3v) is 13.8. The Morgan fingerprint density at radius 1 is 0.391 bits per heavy atom. The number of para-hydroxylation sites is 1. The van der Waals surface area contributed by atoms with Crippen LogP contribution >= 0.6 is 0 Å². The third kappa shape index (κ3) is 7.20. The minimum Gasteiger partial charge on any atom is -0.354 e. The summed E-state index contributed by atoms with van der Waals surface area (Å²) in [6.07, 6.45) is 2.27. The standard InChI is InChI=1S/C66H47N3/c67-64(49-29-13-4-14-30-49)63(48-27-11-3-12-28-48)65-56-41-39-53(43-50(56)44-61(68-65)47-25-9-2-10-26-47)69(62-38-22-20-35-55(62)46-23-7-1-8-24-46)54-40-42-58-57-36-19-21-37-59(57)66(60(58)45-54,51-31-15-5-16-32-51)52-33-17-6-18-34-52/h1-45,67-68H/b65-63-,67-64?. The molecular formula is C66H47N3. The van der Waals surface area contributed by atoms with E-state index in [1.165, 1.54) is 33.4 Å². The van der Waals surface area contributed by atoms with Crippen molar-refractivity contribution in [3.63, 3.8) is 0 Å². The summed E-state index contributed by atoms with van der Waals surface area (Å²) < 4.78 is 0. The molecule has 10 aromatic carbocycles. The second kappa shape index (κ2) is 17.6. The Bertz CT molecular complexity index is 3520. The van der Waals surface area contributed by atoms with Gasteiger partial charge in [0, 0.05) is 39.3 Å². The van der Waals surface area contributed by atoms with E-state index in [1.807, 2.05) is 36.4 Å². The summed E-state index contributed by atoms with van der Waals surface area (Å²) in [5.41, 5.74) is 20.4. The van der Waals surface area contributed by atoms with Gasteiger partial charge in [-0.3, -0.25) is 5.41 Å². The second-order valence-corrected chi connectivity index (χ2v) is 17.7. The maximum atomic E-state index is 9.85. The first-order valence-corrected chi connectivity index (χ1v) is 23.6. The van der Waals surface area contributed by atoms with Crippen molar-refractivity contribution in [3.8, 4) is 22.3 Å². The zero-order valence-corrected chi connectivity index (χ0v) is 37.9. The number of fused-ring (bicyclic) bond motifs is 4. The van der Waals surface area contributed by atoms with E-state index >= 15 is 0 Å². The number of allylic oxidation sites excluding steroid dienone is 1. The van der Waals surface area contributed by atoms with Crippen molar-refractivity contribution in [1.82, 2.24) is 5.32 Å². The Morgan fingerprint density at radius 2 is 0.870 bits per heavy atom. The molecule has 1 heterocycles. The average Bonchev–Trinajstić information content (AvgIpc) is 3.73. The van der Waals surface area contributed by atoms with Gasteiger partial charge in [-0.2, -0.15) is 0 Å². The van der Waals surface area contributed by atoms with Crippen LogP contribution in [0.25, 0.3) is 45.3 Å². The van der Waals surface area contributed by atoms with Crippen molar-refractivity contribution < 1.29 is 0 Å². The van der Waals surface area contributed by atoms with Crippen molar-refractivity contribution in [3.05, 3.63) is 317 Å². The molecule has 2 aliphatic rings. The number of rotatable bonds is 10. The SMILES string of the molecule is N=C(/C(=C1\NC(c2ccccc2)=Cc2cc(N(c3ccc4c(c3)C(c3ccccc3)(c3ccccc3)c3ccccc3-4)c3ccccc3-c3ccccc3)ccc21)c1ccccc1)c1ccccc1. The molecule has 0 spiro atoms. The average molecular weight is 882 g/mol. The molecule has 326 valence electrons. The highest BCUT2D eigenvalue weighted by molar-refractivity contribution is 6.36. The van der Waals surface area contributed by atoms with E-state index in [0.29, 0.717) is 5.71 Å². The molecule has 0 saturated heterocycles. The predicted octanol–water partition coefficient (Wildman–Crippen LogP) is 16.2. The van der Waals surface area contributed by atoms with Gasteiger partial charge in [0.25, 0.3) is 0 Å². The van der Waals surface area contributed by atoms with Gasteiger partial charge in [-0.25, -0.2) is 0 Å². The summed E-state index contributed by atoms with van der Waals surface area (Å²) in [5.74, 6) is 0. The molecule has 2 N–H and O–H groups in total. The topological polar surface area (TPSA) is 39.1 Å². The number of hydrogen-bond acceptors (Lipinski definition) is 3. The molecule has 3 heteroatoms. The highest BCUT2D eigenvalue weighted by atomic mass is 15.1. The molecule has 0 atom stereocenters. The highest BCUT2D eigenvalue weighted by Gasteiger charge is 2.46. The van der Waals surface area contributed by atoms with Crippen LogP contribution in [0.1, 0.15) is 50.1 Å². The normalized spacial score (nSPS) is 13.8. The molecular weight excluding hydrogens is 835 g/mol. The fraction of sp³-hybridized carbons (Fsp3) is 0.0152. The molecule has 0 aromatic heterocycles. The number of nitrogens with zero attached hydrogens (tertiary/aromatic N) is 1. The summed E-state index contributed by atoms with van der Waals surface area (Å²) in [7, 11) is 0. The first kappa shape index (κ1) is 41.4. The van der Waals surface area contributed by atoms with Gasteiger partial charge in [-0.05, 0) is 92.0 Å². The van der Waals surface area contributed by atoms with Crippen LogP contribution in [0.15, 0.2) is 267 Å². The molecule has 0 bridgehead atoms. The first-order valence-electron chi connectivity index (χ1n) is 23.6. The number of nitrogens with one attached hydrogen (secondary N) is 2. The Morgan fingerprint density at radius 3 is 1.51 bits per heavy atom. The monoisotopic (exact) mass is 881 g/mol. The molecule has 0 amide bonds. The molecule has 0 radical (unpaired) electrons. The van der Waals surface area contributed by atoms with Crippen LogP contribution in [0.3, 0.4) is 0 Å². The van der Waals surface area contributed by atoms with Gasteiger partial charge in [-0.1, -0.05) is 237 Å². The molecule has 1 aliphatic heterocycles. The van der Waals surface area contributed by atoms with Crippen molar-refractivity contribution >= 4 is 45.8 Å². The fourth-order valence-corrected chi connectivity index (χ4v) is 10.7. The van der Waals surface area contributed by atoms with Crippen molar-refractivity contribution in [1.29, 1.82) is 5.41 Å². The Balaban J connectivity index is 1.13. The highest BCUT2D eigenvalue weighted by Crippen LogP contribution is 2.57. The molecule has 0 unspecified atom stereocenters. The van der Waals surface area contributed by atoms with Crippen LogP contribution in [0, 0.1) is 5.41 Å². The maximum absolute atomic E-state index is 9.85. The van der Waals surface area contributed by atoms with E-state index in [9.17, 15) is 5.41 Å². The van der Waals surface area contributed by atoms with Crippen molar-refractivity contribution in [2.75, 3.05) is 4.90 Å². The Labute approximate surface area is 404 Å². The van der Waals surface area contributed by atoms with Gasteiger partial charge in [0.05, 0.1) is 22.5 Å². The lowest BCUT2D eigenvalue weighted by atomic mass is 9.67. The van der Waals surface area contributed by atoms with E-state index in [2.05, 4.69) is 247 Å². The minimum absolute atomic E-state index is 0.450. The predicted molar refractivity (Wildman–Crippen MR) is 288 cm³/mol. The number of benzene rings is 10. The summed E-state index contributed by atoms with van der Waals surface area (Å²) in [5, 5.41) is 13.7. The van der Waals surface area contributed by atoms with Gasteiger partial charge in [-0.15, -0.1) is 0 Å². The lowest BCUT2D eigenvalue weighted by Crippen LogP contribution is -2.28. The maximum Gasteiger partial charge on any atom is 0.0714 e.